The number of esters is 1. The predicted octanol–water partition coefficient (Wildman–Crippen LogP) is 3.90. The number of hydrogen-bond acceptors (Lipinski definition) is 6. The van der Waals surface area contributed by atoms with E-state index in [0.717, 1.165) is 17.1 Å². The zero-order chi connectivity index (χ0) is 18.2. The second-order valence-corrected chi connectivity index (χ2v) is 5.58. The summed E-state index contributed by atoms with van der Waals surface area (Å²) < 4.78 is 10.8. The lowest BCUT2D eigenvalue weighted by molar-refractivity contribution is -0.134. The zero-order valence-electron chi connectivity index (χ0n) is 14.4. The lowest BCUT2D eigenvalue weighted by atomic mass is 10.3. The van der Waals surface area contributed by atoms with E-state index in [1.54, 1.807) is 12.1 Å². The van der Waals surface area contributed by atoms with Gasteiger partial charge in [-0.05, 0) is 43.3 Å². The van der Waals surface area contributed by atoms with Crippen molar-refractivity contribution in [2.75, 3.05) is 11.9 Å². The van der Waals surface area contributed by atoms with Gasteiger partial charge in [0.15, 0.2) is 0 Å². The van der Waals surface area contributed by atoms with E-state index in [4.69, 9.17) is 9.47 Å². The maximum Gasteiger partial charge on any atom is 0.314 e. The largest absolute Gasteiger partial charge is 0.493 e. The Labute approximate surface area is 151 Å². The van der Waals surface area contributed by atoms with E-state index in [2.05, 4.69) is 15.3 Å². The van der Waals surface area contributed by atoms with Crippen molar-refractivity contribution in [3.63, 3.8) is 0 Å². The number of benzene rings is 2. The molecular weight excluding hydrogens is 330 g/mol. The van der Waals surface area contributed by atoms with E-state index < -0.39 is 0 Å². The smallest absolute Gasteiger partial charge is 0.314 e. The number of hydrogen-bond donors (Lipinski definition) is 1. The highest BCUT2D eigenvalue weighted by Crippen LogP contribution is 2.19. The zero-order valence-corrected chi connectivity index (χ0v) is 14.4. The minimum atomic E-state index is -0.340. The van der Waals surface area contributed by atoms with Crippen molar-refractivity contribution in [2.24, 2.45) is 0 Å². The van der Waals surface area contributed by atoms with Crippen molar-refractivity contribution in [3.8, 4) is 11.5 Å². The van der Waals surface area contributed by atoms with Crippen molar-refractivity contribution in [1.29, 1.82) is 0 Å². The van der Waals surface area contributed by atoms with Crippen LogP contribution in [0.1, 0.15) is 12.1 Å². The molecule has 6 nitrogen and oxygen atoms in total. The van der Waals surface area contributed by atoms with Gasteiger partial charge in [0, 0.05) is 17.4 Å². The van der Waals surface area contributed by atoms with Crippen LogP contribution in [0.3, 0.4) is 0 Å². The minimum Gasteiger partial charge on any atom is -0.493 e. The first-order chi connectivity index (χ1) is 12.7. The number of carbonyl (C=O) groups excluding carboxylic acids is 1. The van der Waals surface area contributed by atoms with Crippen LogP contribution in [0.4, 0.5) is 11.5 Å². The molecule has 0 spiro atoms. The molecule has 0 saturated heterocycles. The second-order valence-electron chi connectivity index (χ2n) is 5.58. The number of anilines is 2. The van der Waals surface area contributed by atoms with Gasteiger partial charge < -0.3 is 14.8 Å². The molecule has 0 amide bonds. The van der Waals surface area contributed by atoms with Crippen LogP contribution in [0.5, 0.6) is 11.5 Å². The highest BCUT2D eigenvalue weighted by molar-refractivity contribution is 5.72. The molecular formula is C20H19N3O3. The van der Waals surface area contributed by atoms with Gasteiger partial charge in [-0.25, -0.2) is 9.97 Å². The first kappa shape index (κ1) is 17.4. The van der Waals surface area contributed by atoms with Gasteiger partial charge in [-0.15, -0.1) is 0 Å². The van der Waals surface area contributed by atoms with Crippen LogP contribution < -0.4 is 14.8 Å². The van der Waals surface area contributed by atoms with Crippen LogP contribution in [0, 0.1) is 6.92 Å². The summed E-state index contributed by atoms with van der Waals surface area (Å²) in [6.45, 7) is 2.17. The molecule has 26 heavy (non-hydrogen) atoms. The number of nitrogens with zero attached hydrogens (tertiary/aromatic N) is 2. The summed E-state index contributed by atoms with van der Waals surface area (Å²) in [6.07, 6.45) is 1.68. The number of para-hydroxylation sites is 1. The Hall–Kier alpha value is -3.41. The lowest BCUT2D eigenvalue weighted by Gasteiger charge is -2.08. The number of carbonyl (C=O) groups is 1. The van der Waals surface area contributed by atoms with Gasteiger partial charge in [0.2, 0.25) is 0 Å². The first-order valence-corrected chi connectivity index (χ1v) is 8.23. The van der Waals surface area contributed by atoms with E-state index in [-0.39, 0.29) is 19.0 Å². The number of aromatic nitrogens is 2. The fourth-order valence-corrected chi connectivity index (χ4v) is 2.23. The molecule has 3 rings (SSSR count). The first-order valence-electron chi connectivity index (χ1n) is 8.23. The summed E-state index contributed by atoms with van der Waals surface area (Å²) in [5, 5.41) is 3.17. The second kappa shape index (κ2) is 8.62. The van der Waals surface area contributed by atoms with Crippen LogP contribution in [0.2, 0.25) is 0 Å². The molecule has 0 aliphatic carbocycles. The lowest BCUT2D eigenvalue weighted by Crippen LogP contribution is -2.12. The number of nitrogens with one attached hydrogen (secondary N) is 1. The fraction of sp³-hybridized carbons (Fsp3) is 0.150. The van der Waals surface area contributed by atoms with Crippen molar-refractivity contribution >= 4 is 17.5 Å². The maximum atomic E-state index is 11.9. The van der Waals surface area contributed by atoms with Crippen LogP contribution in [-0.4, -0.2) is 22.5 Å². The summed E-state index contributed by atoms with van der Waals surface area (Å²) in [4.78, 5) is 20.1. The van der Waals surface area contributed by atoms with Crippen molar-refractivity contribution < 1.29 is 14.3 Å². The quantitative estimate of drug-likeness (QED) is 0.515. The minimum absolute atomic E-state index is 0.176. The molecule has 0 saturated carbocycles. The summed E-state index contributed by atoms with van der Waals surface area (Å²) in [5.74, 6) is 1.59. The van der Waals surface area contributed by atoms with Crippen LogP contribution >= 0.6 is 0 Å². The fourth-order valence-electron chi connectivity index (χ4n) is 2.23. The van der Waals surface area contributed by atoms with Crippen LogP contribution in [-0.2, 0) is 4.79 Å². The summed E-state index contributed by atoms with van der Waals surface area (Å²) in [7, 11) is 0. The molecule has 0 aliphatic rings. The average Bonchev–Trinajstić information content (AvgIpc) is 2.64. The highest BCUT2D eigenvalue weighted by atomic mass is 16.5. The Morgan fingerprint density at radius 1 is 1.00 bits per heavy atom. The van der Waals surface area contributed by atoms with Crippen LogP contribution in [0.15, 0.2) is 67.0 Å². The predicted molar refractivity (Wildman–Crippen MR) is 98.7 cm³/mol. The molecule has 1 aromatic heterocycles. The van der Waals surface area contributed by atoms with Gasteiger partial charge in [-0.1, -0.05) is 18.2 Å². The summed E-state index contributed by atoms with van der Waals surface area (Å²) in [5.41, 5.74) is 1.72. The average molecular weight is 349 g/mol. The molecule has 0 fully saturated rings. The van der Waals surface area contributed by atoms with Gasteiger partial charge >= 0.3 is 5.97 Å². The van der Waals surface area contributed by atoms with E-state index in [1.807, 2.05) is 55.5 Å². The van der Waals surface area contributed by atoms with E-state index in [9.17, 15) is 4.79 Å². The van der Waals surface area contributed by atoms with E-state index in [1.165, 1.54) is 6.33 Å². The maximum absolute atomic E-state index is 11.9. The van der Waals surface area contributed by atoms with Crippen molar-refractivity contribution in [2.45, 2.75) is 13.3 Å². The third kappa shape index (κ3) is 5.31. The SMILES string of the molecule is Cc1cc(Nc2ccc(OC(=O)CCOc3ccccc3)cc2)ncn1. The molecule has 6 heteroatoms. The third-order valence-corrected chi connectivity index (χ3v) is 3.48. The third-order valence-electron chi connectivity index (χ3n) is 3.48. The van der Waals surface area contributed by atoms with Crippen molar-refractivity contribution in [3.05, 3.63) is 72.7 Å². The summed E-state index contributed by atoms with van der Waals surface area (Å²) >= 11 is 0. The normalized spacial score (nSPS) is 10.2. The molecule has 1 heterocycles. The summed E-state index contributed by atoms with van der Waals surface area (Å²) in [6, 6.07) is 18.3. The topological polar surface area (TPSA) is 73.3 Å². The van der Waals surface area contributed by atoms with Gasteiger partial charge in [0.05, 0.1) is 13.0 Å². The van der Waals surface area contributed by atoms with E-state index in [0.29, 0.717) is 11.6 Å². The van der Waals surface area contributed by atoms with Gasteiger partial charge in [-0.2, -0.15) is 0 Å². The Balaban J connectivity index is 1.46. The molecule has 0 unspecified atom stereocenters. The van der Waals surface area contributed by atoms with Crippen molar-refractivity contribution in [1.82, 2.24) is 9.97 Å². The molecule has 132 valence electrons. The number of rotatable bonds is 7. The van der Waals surface area contributed by atoms with Gasteiger partial charge in [0.25, 0.3) is 0 Å². The molecule has 2 aromatic carbocycles. The Kier molecular flexibility index (Phi) is 5.77. The molecule has 0 aliphatic heterocycles. The molecule has 0 radical (unpaired) electrons. The number of ether oxygens (including phenoxy) is 2. The molecule has 3 aromatic rings. The Bertz CT molecular complexity index is 852. The Morgan fingerprint density at radius 2 is 1.77 bits per heavy atom. The Morgan fingerprint density at radius 3 is 2.50 bits per heavy atom. The standard InChI is InChI=1S/C20H19N3O3/c1-15-13-19(22-14-21-15)23-16-7-9-18(10-8-16)26-20(24)11-12-25-17-5-3-2-4-6-17/h2-10,13-14H,11-12H2,1H3,(H,21,22,23). The van der Waals surface area contributed by atoms with Gasteiger partial charge in [-0.3, -0.25) is 4.79 Å². The van der Waals surface area contributed by atoms with E-state index >= 15 is 0 Å². The van der Waals surface area contributed by atoms with Crippen LogP contribution in [0.25, 0.3) is 0 Å². The molecule has 0 bridgehead atoms. The molecule has 0 atom stereocenters. The number of aryl methyl sites for hydroxylation is 1. The molecule has 1 N–H and O–H groups in total. The monoisotopic (exact) mass is 349 g/mol. The highest BCUT2D eigenvalue weighted by Gasteiger charge is 2.06. The van der Waals surface area contributed by atoms with Gasteiger partial charge in [0.1, 0.15) is 23.6 Å².